The van der Waals surface area contributed by atoms with Crippen LogP contribution >= 0.6 is 0 Å². The van der Waals surface area contributed by atoms with Crippen LogP contribution in [0.3, 0.4) is 0 Å². The highest BCUT2D eigenvalue weighted by Gasteiger charge is 2.24. The molecule has 0 bridgehead atoms. The van der Waals surface area contributed by atoms with Gasteiger partial charge in [-0.05, 0) is 37.5 Å². The molecule has 0 amide bonds. The van der Waals surface area contributed by atoms with Gasteiger partial charge in [-0.3, -0.25) is 0 Å². The average Bonchev–Trinajstić information content (AvgIpc) is 2.38. The molecule has 3 heteroatoms. The summed E-state index contributed by atoms with van der Waals surface area (Å²) in [6.07, 6.45) is 5.70. The van der Waals surface area contributed by atoms with E-state index < -0.39 is 0 Å². The fourth-order valence-electron chi connectivity index (χ4n) is 2.94. The molecule has 0 aromatic heterocycles. The molecule has 3 nitrogen and oxygen atoms in total. The van der Waals surface area contributed by atoms with E-state index in [0.29, 0.717) is 6.04 Å². The number of rotatable bonds is 4. The summed E-state index contributed by atoms with van der Waals surface area (Å²) in [5.41, 5.74) is 0. The average molecular weight is 241 g/mol. The quantitative estimate of drug-likeness (QED) is 0.818. The van der Waals surface area contributed by atoms with Gasteiger partial charge in [0.05, 0.1) is 25.9 Å². The van der Waals surface area contributed by atoms with Crippen LogP contribution in [0.2, 0.25) is 0 Å². The second kappa shape index (κ2) is 6.72. The molecule has 2 aliphatic rings. The van der Waals surface area contributed by atoms with Crippen LogP contribution in [0.15, 0.2) is 0 Å². The van der Waals surface area contributed by atoms with E-state index in [1.807, 2.05) is 0 Å². The fraction of sp³-hybridized carbons (Fsp3) is 1.00. The summed E-state index contributed by atoms with van der Waals surface area (Å²) in [5.74, 6) is 1.80. The smallest absolute Gasteiger partial charge is 0.0933 e. The van der Waals surface area contributed by atoms with E-state index >= 15 is 0 Å². The van der Waals surface area contributed by atoms with Gasteiger partial charge in [-0.1, -0.05) is 13.8 Å². The SMILES string of the molecule is CC(C)C1CCC(NCC2COCCO2)CC1. The zero-order valence-corrected chi connectivity index (χ0v) is 11.3. The van der Waals surface area contributed by atoms with Crippen LogP contribution < -0.4 is 5.32 Å². The number of ether oxygens (including phenoxy) is 2. The van der Waals surface area contributed by atoms with Gasteiger partial charge in [0.2, 0.25) is 0 Å². The highest BCUT2D eigenvalue weighted by Crippen LogP contribution is 2.29. The van der Waals surface area contributed by atoms with E-state index in [9.17, 15) is 0 Å². The topological polar surface area (TPSA) is 30.5 Å². The molecule has 17 heavy (non-hydrogen) atoms. The van der Waals surface area contributed by atoms with Crippen molar-refractivity contribution in [3.8, 4) is 0 Å². The molecule has 1 saturated heterocycles. The Bertz CT molecular complexity index is 206. The monoisotopic (exact) mass is 241 g/mol. The maximum atomic E-state index is 5.64. The Morgan fingerprint density at radius 2 is 1.88 bits per heavy atom. The van der Waals surface area contributed by atoms with Gasteiger partial charge < -0.3 is 14.8 Å². The predicted octanol–water partition coefficient (Wildman–Crippen LogP) is 2.21. The van der Waals surface area contributed by atoms with Crippen LogP contribution in [0.25, 0.3) is 0 Å². The Kier molecular flexibility index (Phi) is 5.26. The molecule has 1 unspecified atom stereocenters. The number of hydrogen-bond donors (Lipinski definition) is 1. The van der Waals surface area contributed by atoms with Crippen molar-refractivity contribution >= 4 is 0 Å². The molecule has 0 spiro atoms. The summed E-state index contributed by atoms with van der Waals surface area (Å²) in [6.45, 7) is 7.94. The van der Waals surface area contributed by atoms with E-state index in [-0.39, 0.29) is 6.10 Å². The molecule has 2 rings (SSSR count). The molecular weight excluding hydrogens is 214 g/mol. The lowest BCUT2D eigenvalue weighted by Gasteiger charge is -2.32. The third-order valence-corrected chi connectivity index (χ3v) is 4.23. The maximum absolute atomic E-state index is 5.64. The van der Waals surface area contributed by atoms with Gasteiger partial charge >= 0.3 is 0 Å². The van der Waals surface area contributed by atoms with Gasteiger partial charge in [-0.15, -0.1) is 0 Å². The molecule has 0 aromatic rings. The molecule has 1 saturated carbocycles. The molecule has 0 aromatic carbocycles. The lowest BCUT2D eigenvalue weighted by molar-refractivity contribution is -0.0874. The van der Waals surface area contributed by atoms with Gasteiger partial charge in [-0.25, -0.2) is 0 Å². The number of hydrogen-bond acceptors (Lipinski definition) is 3. The van der Waals surface area contributed by atoms with Crippen molar-refractivity contribution in [3.63, 3.8) is 0 Å². The molecule has 2 fully saturated rings. The van der Waals surface area contributed by atoms with Crippen molar-refractivity contribution in [1.82, 2.24) is 5.32 Å². The third-order valence-electron chi connectivity index (χ3n) is 4.23. The highest BCUT2D eigenvalue weighted by molar-refractivity contribution is 4.79. The van der Waals surface area contributed by atoms with Crippen LogP contribution in [0.5, 0.6) is 0 Å². The van der Waals surface area contributed by atoms with Crippen molar-refractivity contribution in [3.05, 3.63) is 0 Å². The first-order chi connectivity index (χ1) is 8.25. The Labute approximate surface area is 105 Å². The van der Waals surface area contributed by atoms with Gasteiger partial charge in [0.15, 0.2) is 0 Å². The summed E-state index contributed by atoms with van der Waals surface area (Å²) >= 11 is 0. The van der Waals surface area contributed by atoms with Crippen molar-refractivity contribution in [2.75, 3.05) is 26.4 Å². The van der Waals surface area contributed by atoms with Crippen LogP contribution in [0.1, 0.15) is 39.5 Å². The van der Waals surface area contributed by atoms with E-state index in [2.05, 4.69) is 19.2 Å². The first-order valence-corrected chi connectivity index (χ1v) is 7.18. The molecule has 0 radical (unpaired) electrons. The van der Waals surface area contributed by atoms with Crippen molar-refractivity contribution in [1.29, 1.82) is 0 Å². The molecular formula is C14H27NO2. The predicted molar refractivity (Wildman–Crippen MR) is 69.1 cm³/mol. The van der Waals surface area contributed by atoms with Crippen LogP contribution in [0.4, 0.5) is 0 Å². The molecule has 1 atom stereocenters. The Hall–Kier alpha value is -0.120. The Morgan fingerprint density at radius 3 is 2.47 bits per heavy atom. The largest absolute Gasteiger partial charge is 0.376 e. The van der Waals surface area contributed by atoms with E-state index in [1.54, 1.807) is 0 Å². The minimum absolute atomic E-state index is 0.270. The first kappa shape index (κ1) is 13.3. The second-order valence-electron chi connectivity index (χ2n) is 5.83. The van der Waals surface area contributed by atoms with Crippen LogP contribution in [-0.2, 0) is 9.47 Å². The lowest BCUT2D eigenvalue weighted by Crippen LogP contribution is -2.43. The zero-order valence-electron chi connectivity index (χ0n) is 11.3. The summed E-state index contributed by atoms with van der Waals surface area (Å²) < 4.78 is 11.0. The molecule has 1 aliphatic carbocycles. The minimum atomic E-state index is 0.270. The Morgan fingerprint density at radius 1 is 1.12 bits per heavy atom. The lowest BCUT2D eigenvalue weighted by atomic mass is 9.80. The van der Waals surface area contributed by atoms with E-state index in [0.717, 1.165) is 38.2 Å². The van der Waals surface area contributed by atoms with Gasteiger partial charge in [0.25, 0.3) is 0 Å². The normalized spacial score (nSPS) is 35.1. The van der Waals surface area contributed by atoms with Crippen molar-refractivity contribution < 1.29 is 9.47 Å². The number of nitrogens with one attached hydrogen (secondary N) is 1. The standard InChI is InChI=1S/C14H27NO2/c1-11(2)12-3-5-13(6-4-12)15-9-14-10-16-7-8-17-14/h11-15H,3-10H2,1-2H3. The van der Waals surface area contributed by atoms with Crippen LogP contribution in [0, 0.1) is 11.8 Å². The Balaban J connectivity index is 1.61. The van der Waals surface area contributed by atoms with Gasteiger partial charge in [0, 0.05) is 12.6 Å². The van der Waals surface area contributed by atoms with Gasteiger partial charge in [0.1, 0.15) is 0 Å². The van der Waals surface area contributed by atoms with Crippen molar-refractivity contribution in [2.45, 2.75) is 51.7 Å². The molecule has 1 N–H and O–H groups in total. The zero-order chi connectivity index (χ0) is 12.1. The summed E-state index contributed by atoms with van der Waals surface area (Å²) in [7, 11) is 0. The molecule has 1 heterocycles. The molecule has 100 valence electrons. The third kappa shape index (κ3) is 4.23. The van der Waals surface area contributed by atoms with Crippen molar-refractivity contribution in [2.24, 2.45) is 11.8 Å². The summed E-state index contributed by atoms with van der Waals surface area (Å²) in [4.78, 5) is 0. The summed E-state index contributed by atoms with van der Waals surface area (Å²) in [5, 5.41) is 3.65. The highest BCUT2D eigenvalue weighted by atomic mass is 16.6. The van der Waals surface area contributed by atoms with Crippen LogP contribution in [-0.4, -0.2) is 38.5 Å². The molecule has 1 aliphatic heterocycles. The maximum Gasteiger partial charge on any atom is 0.0933 e. The second-order valence-corrected chi connectivity index (χ2v) is 5.83. The van der Waals surface area contributed by atoms with E-state index in [1.165, 1.54) is 25.7 Å². The minimum Gasteiger partial charge on any atom is -0.376 e. The van der Waals surface area contributed by atoms with E-state index in [4.69, 9.17) is 9.47 Å². The first-order valence-electron chi connectivity index (χ1n) is 7.18. The summed E-state index contributed by atoms with van der Waals surface area (Å²) in [6, 6.07) is 0.704. The fourth-order valence-corrected chi connectivity index (χ4v) is 2.94. The van der Waals surface area contributed by atoms with Gasteiger partial charge in [-0.2, -0.15) is 0 Å².